The Hall–Kier alpha value is -1.78. The lowest BCUT2D eigenvalue weighted by atomic mass is 10.2. The molecule has 0 unspecified atom stereocenters. The molecular weight excluding hydrogens is 266 g/mol. The predicted octanol–water partition coefficient (Wildman–Crippen LogP) is 2.05. The van der Waals surface area contributed by atoms with Crippen molar-refractivity contribution in [1.29, 1.82) is 0 Å². The Morgan fingerprint density at radius 2 is 2.00 bits per heavy atom. The minimum atomic E-state index is -4.42. The van der Waals surface area contributed by atoms with Gasteiger partial charge in [0.25, 0.3) is 0 Å². The van der Waals surface area contributed by atoms with Gasteiger partial charge in [0.15, 0.2) is 6.79 Å². The fourth-order valence-corrected chi connectivity index (χ4v) is 1.13. The van der Waals surface area contributed by atoms with E-state index in [1.54, 1.807) is 0 Å². The Labute approximate surface area is 107 Å². The van der Waals surface area contributed by atoms with E-state index in [0.29, 0.717) is 0 Å². The molecule has 1 aromatic carbocycles. The van der Waals surface area contributed by atoms with Crippen molar-refractivity contribution < 1.29 is 27.0 Å². The van der Waals surface area contributed by atoms with Gasteiger partial charge in [-0.15, -0.1) is 0 Å². The van der Waals surface area contributed by atoms with Gasteiger partial charge in [0.1, 0.15) is 18.2 Å². The lowest BCUT2D eigenvalue weighted by molar-refractivity contribution is -0.186. The summed E-state index contributed by atoms with van der Waals surface area (Å²) in [5.41, 5.74) is 5.37. The van der Waals surface area contributed by atoms with Gasteiger partial charge in [-0.1, -0.05) is 11.8 Å². The zero-order chi connectivity index (χ0) is 14.3. The Morgan fingerprint density at radius 3 is 2.63 bits per heavy atom. The molecule has 1 rings (SSSR count). The first-order valence-electron chi connectivity index (χ1n) is 5.18. The minimum absolute atomic E-state index is 0.0700. The average molecular weight is 277 g/mol. The van der Waals surface area contributed by atoms with E-state index in [4.69, 9.17) is 10.5 Å². The first kappa shape index (κ1) is 15.3. The Kier molecular flexibility index (Phi) is 5.60. The largest absolute Gasteiger partial charge is 0.466 e. The van der Waals surface area contributed by atoms with Crippen molar-refractivity contribution >= 4 is 0 Å². The standard InChI is InChI=1S/C12H11F4NO2/c13-10-3-4-11(9(6-10)2-1-5-17)19-8-18-7-12(14,15)16/h3-4,6H,5,7-8,17H2. The predicted molar refractivity (Wildman–Crippen MR) is 59.8 cm³/mol. The third-order valence-corrected chi connectivity index (χ3v) is 1.83. The SMILES string of the molecule is NCC#Cc1cc(F)ccc1OCOCC(F)(F)F. The smallest absolute Gasteiger partial charge is 0.411 e. The normalized spacial score (nSPS) is 10.8. The van der Waals surface area contributed by atoms with Gasteiger partial charge >= 0.3 is 6.18 Å². The Bertz CT molecular complexity index is 477. The van der Waals surface area contributed by atoms with Crippen LogP contribution in [-0.4, -0.2) is 26.1 Å². The van der Waals surface area contributed by atoms with Crippen LogP contribution in [0.2, 0.25) is 0 Å². The van der Waals surface area contributed by atoms with Crippen LogP contribution in [-0.2, 0) is 4.74 Å². The van der Waals surface area contributed by atoms with Crippen LogP contribution in [0.15, 0.2) is 18.2 Å². The molecule has 0 amide bonds. The van der Waals surface area contributed by atoms with Gasteiger partial charge in [0, 0.05) is 0 Å². The van der Waals surface area contributed by atoms with Crippen LogP contribution in [0.1, 0.15) is 5.56 Å². The highest BCUT2D eigenvalue weighted by Gasteiger charge is 2.27. The summed E-state index contributed by atoms with van der Waals surface area (Å²) < 4.78 is 57.7. The summed E-state index contributed by atoms with van der Waals surface area (Å²) in [6, 6.07) is 3.46. The molecule has 0 aromatic heterocycles. The van der Waals surface area contributed by atoms with Gasteiger partial charge in [0.2, 0.25) is 0 Å². The summed E-state index contributed by atoms with van der Waals surface area (Å²) in [5, 5.41) is 0. The van der Waals surface area contributed by atoms with Crippen LogP contribution in [0.3, 0.4) is 0 Å². The van der Waals surface area contributed by atoms with Crippen molar-refractivity contribution in [2.75, 3.05) is 19.9 Å². The van der Waals surface area contributed by atoms with E-state index in [9.17, 15) is 17.6 Å². The van der Waals surface area contributed by atoms with Crippen molar-refractivity contribution in [3.8, 4) is 17.6 Å². The molecule has 0 aliphatic rings. The summed E-state index contributed by atoms with van der Waals surface area (Å²) in [6.07, 6.45) is -4.42. The molecule has 0 heterocycles. The molecule has 0 radical (unpaired) electrons. The molecule has 19 heavy (non-hydrogen) atoms. The first-order chi connectivity index (χ1) is 8.92. The lowest BCUT2D eigenvalue weighted by Crippen LogP contribution is -2.19. The minimum Gasteiger partial charge on any atom is -0.466 e. The van der Waals surface area contributed by atoms with E-state index in [1.807, 2.05) is 0 Å². The first-order valence-corrected chi connectivity index (χ1v) is 5.18. The van der Waals surface area contributed by atoms with Crippen LogP contribution in [0.4, 0.5) is 17.6 Å². The number of rotatable bonds is 4. The number of nitrogens with two attached hydrogens (primary N) is 1. The highest BCUT2D eigenvalue weighted by atomic mass is 19.4. The summed E-state index contributed by atoms with van der Waals surface area (Å²) in [7, 11) is 0. The molecule has 0 saturated heterocycles. The number of alkyl halides is 3. The maximum absolute atomic E-state index is 13.0. The molecule has 2 N–H and O–H groups in total. The van der Waals surface area contributed by atoms with E-state index in [1.165, 1.54) is 6.07 Å². The maximum atomic E-state index is 13.0. The number of halogens is 4. The molecule has 1 aromatic rings. The summed E-state index contributed by atoms with van der Waals surface area (Å²) >= 11 is 0. The van der Waals surface area contributed by atoms with Crippen molar-refractivity contribution in [3.63, 3.8) is 0 Å². The third-order valence-electron chi connectivity index (χ3n) is 1.83. The lowest BCUT2D eigenvalue weighted by Gasteiger charge is -2.10. The van der Waals surface area contributed by atoms with Crippen molar-refractivity contribution in [3.05, 3.63) is 29.6 Å². The van der Waals surface area contributed by atoms with Gasteiger partial charge in [0.05, 0.1) is 12.1 Å². The molecule has 0 atom stereocenters. The molecular formula is C12H11F4NO2. The van der Waals surface area contributed by atoms with E-state index in [0.717, 1.165) is 12.1 Å². The second kappa shape index (κ2) is 6.97. The van der Waals surface area contributed by atoms with Gasteiger partial charge in [-0.25, -0.2) is 4.39 Å². The Morgan fingerprint density at radius 1 is 1.26 bits per heavy atom. The fraction of sp³-hybridized carbons (Fsp3) is 0.333. The topological polar surface area (TPSA) is 44.5 Å². The molecule has 7 heteroatoms. The molecule has 0 aliphatic heterocycles. The van der Waals surface area contributed by atoms with Crippen LogP contribution in [0.5, 0.6) is 5.75 Å². The molecule has 0 bridgehead atoms. The summed E-state index contributed by atoms with van der Waals surface area (Å²) in [5.74, 6) is 4.64. The van der Waals surface area contributed by atoms with E-state index in [2.05, 4.69) is 16.6 Å². The van der Waals surface area contributed by atoms with Crippen LogP contribution in [0, 0.1) is 17.7 Å². The quantitative estimate of drug-likeness (QED) is 0.396. The van der Waals surface area contributed by atoms with E-state index in [-0.39, 0.29) is 17.9 Å². The second-order valence-electron chi connectivity index (χ2n) is 3.37. The molecule has 0 saturated carbocycles. The summed E-state index contributed by atoms with van der Waals surface area (Å²) in [6.45, 7) is -1.96. The third kappa shape index (κ3) is 6.08. The van der Waals surface area contributed by atoms with Gasteiger partial charge in [-0.2, -0.15) is 13.2 Å². The van der Waals surface area contributed by atoms with Gasteiger partial charge in [-0.05, 0) is 18.2 Å². The van der Waals surface area contributed by atoms with Gasteiger partial charge < -0.3 is 15.2 Å². The van der Waals surface area contributed by atoms with Crippen molar-refractivity contribution in [2.45, 2.75) is 6.18 Å². The number of ether oxygens (including phenoxy) is 2. The number of hydrogen-bond acceptors (Lipinski definition) is 3. The van der Waals surface area contributed by atoms with Gasteiger partial charge in [-0.3, -0.25) is 0 Å². The fourth-order valence-electron chi connectivity index (χ4n) is 1.13. The van der Waals surface area contributed by atoms with Crippen LogP contribution < -0.4 is 10.5 Å². The highest BCUT2D eigenvalue weighted by molar-refractivity contribution is 5.46. The number of hydrogen-bond donors (Lipinski definition) is 1. The number of benzene rings is 1. The van der Waals surface area contributed by atoms with E-state index >= 15 is 0 Å². The molecule has 3 nitrogen and oxygen atoms in total. The monoisotopic (exact) mass is 277 g/mol. The molecule has 0 aliphatic carbocycles. The van der Waals surface area contributed by atoms with Crippen molar-refractivity contribution in [2.24, 2.45) is 5.73 Å². The molecule has 0 fully saturated rings. The maximum Gasteiger partial charge on any atom is 0.411 e. The van der Waals surface area contributed by atoms with Crippen LogP contribution >= 0.6 is 0 Å². The average Bonchev–Trinajstić information content (AvgIpc) is 2.32. The molecule has 104 valence electrons. The molecule has 0 spiro atoms. The highest BCUT2D eigenvalue weighted by Crippen LogP contribution is 2.19. The van der Waals surface area contributed by atoms with E-state index < -0.39 is 25.4 Å². The summed E-state index contributed by atoms with van der Waals surface area (Å²) in [4.78, 5) is 0. The second-order valence-corrected chi connectivity index (χ2v) is 3.37. The van der Waals surface area contributed by atoms with Crippen molar-refractivity contribution in [1.82, 2.24) is 0 Å². The van der Waals surface area contributed by atoms with Crippen LogP contribution in [0.25, 0.3) is 0 Å². The zero-order valence-electron chi connectivity index (χ0n) is 9.76. The zero-order valence-corrected chi connectivity index (χ0v) is 9.76. The Balaban J connectivity index is 2.62.